The van der Waals surface area contributed by atoms with E-state index in [2.05, 4.69) is 102 Å². The van der Waals surface area contributed by atoms with Crippen LogP contribution in [0.25, 0.3) is 5.57 Å². The molecule has 0 saturated carbocycles. The number of rotatable bonds is 7. The van der Waals surface area contributed by atoms with E-state index in [1.54, 1.807) is 5.57 Å². The Balaban J connectivity index is 0.000000463. The third kappa shape index (κ3) is 15.3. The standard InChI is InChI=1S/C13H16.C10H14.C7H15N.C2H6/c1-10(2)9-12-8-7-11-5-3-4-6-13(11)12;1-9(2)8-10-6-4-3-5-7-10;1-6(2)4-5-7(3)8;1-2/h3-6,8,10H,7,9H2,1-2H3;3-7,9H,8H2,1-2H3;6,8H,4-5H2,1-3H3;1-2H3. The van der Waals surface area contributed by atoms with Gasteiger partial charge in [-0.15, -0.1) is 0 Å². The zero-order valence-corrected chi connectivity index (χ0v) is 23.0. The molecule has 2 aromatic rings. The van der Waals surface area contributed by atoms with Gasteiger partial charge in [0.05, 0.1) is 0 Å². The minimum Gasteiger partial charge on any atom is -0.310 e. The maximum atomic E-state index is 7.09. The minimum absolute atomic E-state index is 0.746. The van der Waals surface area contributed by atoms with E-state index < -0.39 is 0 Å². The van der Waals surface area contributed by atoms with Crippen LogP contribution in [0.3, 0.4) is 0 Å². The Labute approximate surface area is 206 Å². The minimum atomic E-state index is 0.746. The van der Waals surface area contributed by atoms with Crippen molar-refractivity contribution >= 4 is 11.3 Å². The Morgan fingerprint density at radius 2 is 1.30 bits per heavy atom. The van der Waals surface area contributed by atoms with Crippen molar-refractivity contribution in [2.45, 2.75) is 94.4 Å². The van der Waals surface area contributed by atoms with Crippen LogP contribution in [0.4, 0.5) is 0 Å². The zero-order valence-electron chi connectivity index (χ0n) is 23.0. The van der Waals surface area contributed by atoms with E-state index in [1.807, 2.05) is 20.8 Å². The van der Waals surface area contributed by atoms with E-state index >= 15 is 0 Å². The molecule has 0 unspecified atom stereocenters. The number of hydrogen-bond donors (Lipinski definition) is 1. The van der Waals surface area contributed by atoms with Crippen LogP contribution >= 0.6 is 0 Å². The first-order valence-corrected chi connectivity index (χ1v) is 13.0. The lowest BCUT2D eigenvalue weighted by atomic mass is 9.98. The fourth-order valence-corrected chi connectivity index (χ4v) is 3.58. The summed E-state index contributed by atoms with van der Waals surface area (Å²) in [6, 6.07) is 19.4. The van der Waals surface area contributed by atoms with E-state index in [0.29, 0.717) is 0 Å². The SMILES string of the molecule is CC.CC(=N)CCC(C)C.CC(C)CC1=CCc2ccccc21.CC(C)Cc1ccccc1. The Morgan fingerprint density at radius 1 is 0.758 bits per heavy atom. The number of allylic oxidation sites excluding steroid dienone is 2. The van der Waals surface area contributed by atoms with Crippen LogP contribution in [-0.2, 0) is 12.8 Å². The molecule has 33 heavy (non-hydrogen) atoms. The van der Waals surface area contributed by atoms with Gasteiger partial charge in [-0.3, -0.25) is 0 Å². The highest BCUT2D eigenvalue weighted by Crippen LogP contribution is 2.31. The van der Waals surface area contributed by atoms with Crippen LogP contribution < -0.4 is 0 Å². The van der Waals surface area contributed by atoms with Gasteiger partial charge in [0, 0.05) is 5.71 Å². The molecule has 0 saturated heterocycles. The Morgan fingerprint density at radius 3 is 1.79 bits per heavy atom. The van der Waals surface area contributed by atoms with E-state index in [-0.39, 0.29) is 0 Å². The summed E-state index contributed by atoms with van der Waals surface area (Å²) in [5, 5.41) is 7.09. The van der Waals surface area contributed by atoms with Gasteiger partial charge in [0.15, 0.2) is 0 Å². The predicted molar refractivity (Wildman–Crippen MR) is 151 cm³/mol. The third-order valence-corrected chi connectivity index (χ3v) is 5.14. The molecule has 3 rings (SSSR count). The molecule has 0 aliphatic heterocycles. The van der Waals surface area contributed by atoms with Gasteiger partial charge in [-0.1, -0.05) is 116 Å². The summed E-state index contributed by atoms with van der Waals surface area (Å²) < 4.78 is 0. The number of nitrogens with one attached hydrogen (secondary N) is 1. The summed E-state index contributed by atoms with van der Waals surface area (Å²) in [6.07, 6.45) is 8.06. The van der Waals surface area contributed by atoms with E-state index in [4.69, 9.17) is 5.41 Å². The highest BCUT2D eigenvalue weighted by Gasteiger charge is 2.13. The van der Waals surface area contributed by atoms with Crippen LogP contribution in [0.2, 0.25) is 0 Å². The molecule has 0 aromatic heterocycles. The van der Waals surface area contributed by atoms with Crippen molar-refractivity contribution in [2.75, 3.05) is 0 Å². The van der Waals surface area contributed by atoms with E-state index in [0.717, 1.165) is 42.7 Å². The van der Waals surface area contributed by atoms with Crippen molar-refractivity contribution in [1.82, 2.24) is 0 Å². The summed E-state index contributed by atoms with van der Waals surface area (Å²) in [4.78, 5) is 0. The lowest BCUT2D eigenvalue weighted by molar-refractivity contribution is 0.602. The largest absolute Gasteiger partial charge is 0.310 e. The van der Waals surface area contributed by atoms with Crippen molar-refractivity contribution in [3.8, 4) is 0 Å². The van der Waals surface area contributed by atoms with Gasteiger partial charge >= 0.3 is 0 Å². The lowest BCUT2D eigenvalue weighted by Gasteiger charge is -2.07. The Kier molecular flexibility index (Phi) is 17.1. The average molecular weight is 450 g/mol. The van der Waals surface area contributed by atoms with Crippen LogP contribution in [0, 0.1) is 23.2 Å². The quantitative estimate of drug-likeness (QED) is 0.406. The normalized spacial score (nSPS) is 11.5. The molecule has 1 aliphatic carbocycles. The molecule has 1 N–H and O–H groups in total. The lowest BCUT2D eigenvalue weighted by Crippen LogP contribution is -1.92. The summed E-state index contributed by atoms with van der Waals surface area (Å²) in [5.41, 5.74) is 6.77. The predicted octanol–water partition coefficient (Wildman–Crippen LogP) is 10.0. The van der Waals surface area contributed by atoms with Gasteiger partial charge in [-0.2, -0.15) is 0 Å². The van der Waals surface area contributed by atoms with Gasteiger partial charge < -0.3 is 5.41 Å². The first-order chi connectivity index (χ1) is 15.7. The highest BCUT2D eigenvalue weighted by molar-refractivity contribution is 5.78. The van der Waals surface area contributed by atoms with Crippen molar-refractivity contribution in [3.05, 3.63) is 77.4 Å². The maximum Gasteiger partial charge on any atom is 0.00583 e. The first kappa shape index (κ1) is 30.9. The summed E-state index contributed by atoms with van der Waals surface area (Å²) in [6.45, 7) is 19.3. The molecule has 0 heterocycles. The molecule has 2 aromatic carbocycles. The maximum absolute atomic E-state index is 7.09. The molecular weight excluding hydrogens is 398 g/mol. The average Bonchev–Trinajstić information content (AvgIpc) is 3.17. The number of hydrogen-bond acceptors (Lipinski definition) is 1. The monoisotopic (exact) mass is 449 g/mol. The molecule has 0 radical (unpaired) electrons. The number of benzene rings is 2. The molecule has 1 aliphatic rings. The summed E-state index contributed by atoms with van der Waals surface area (Å²) >= 11 is 0. The first-order valence-electron chi connectivity index (χ1n) is 13.0. The molecule has 0 spiro atoms. The number of fused-ring (bicyclic) bond motifs is 1. The van der Waals surface area contributed by atoms with Crippen LogP contribution in [0.5, 0.6) is 0 Å². The van der Waals surface area contributed by atoms with Crippen LogP contribution in [-0.4, -0.2) is 5.71 Å². The topological polar surface area (TPSA) is 23.9 Å². The fourth-order valence-electron chi connectivity index (χ4n) is 3.58. The second-order valence-corrected chi connectivity index (χ2v) is 9.99. The molecule has 184 valence electrons. The molecule has 0 amide bonds. The smallest absolute Gasteiger partial charge is 0.00583 e. The zero-order chi connectivity index (χ0) is 25.2. The molecular formula is C32H51N. The van der Waals surface area contributed by atoms with E-state index in [1.165, 1.54) is 29.5 Å². The summed E-state index contributed by atoms with van der Waals surface area (Å²) in [5.74, 6) is 2.27. The van der Waals surface area contributed by atoms with Gasteiger partial charge in [0.25, 0.3) is 0 Å². The van der Waals surface area contributed by atoms with Crippen molar-refractivity contribution in [3.63, 3.8) is 0 Å². The van der Waals surface area contributed by atoms with Crippen molar-refractivity contribution in [2.24, 2.45) is 17.8 Å². The molecule has 1 nitrogen and oxygen atoms in total. The van der Waals surface area contributed by atoms with E-state index in [9.17, 15) is 0 Å². The highest BCUT2D eigenvalue weighted by atomic mass is 14.4. The molecule has 0 fully saturated rings. The molecule has 0 bridgehead atoms. The Bertz CT molecular complexity index is 781. The fraction of sp³-hybridized carbons (Fsp3) is 0.531. The second kappa shape index (κ2) is 18.3. The van der Waals surface area contributed by atoms with Crippen LogP contribution in [0.1, 0.15) is 98.3 Å². The van der Waals surface area contributed by atoms with Gasteiger partial charge in [0.2, 0.25) is 0 Å². The molecule has 1 heteroatoms. The van der Waals surface area contributed by atoms with Gasteiger partial charge in [-0.25, -0.2) is 0 Å². The van der Waals surface area contributed by atoms with Crippen molar-refractivity contribution in [1.29, 1.82) is 5.41 Å². The van der Waals surface area contributed by atoms with Crippen LogP contribution in [0.15, 0.2) is 60.7 Å². The van der Waals surface area contributed by atoms with Crippen molar-refractivity contribution < 1.29 is 0 Å². The Hall–Kier alpha value is -2.15. The summed E-state index contributed by atoms with van der Waals surface area (Å²) in [7, 11) is 0. The molecule has 0 atom stereocenters. The van der Waals surface area contributed by atoms with Gasteiger partial charge in [-0.05, 0) is 79.0 Å². The third-order valence-electron chi connectivity index (χ3n) is 5.14. The van der Waals surface area contributed by atoms with Gasteiger partial charge in [0.1, 0.15) is 0 Å². The second-order valence-electron chi connectivity index (χ2n) is 9.99.